The number of carboxylic acid groups (broad SMARTS) is 1. The maximum Gasteiger partial charge on any atom is 0.335 e. The summed E-state index contributed by atoms with van der Waals surface area (Å²) in [7, 11) is 0. The molecule has 0 aliphatic heterocycles. The number of halogens is 1. The van der Waals surface area contributed by atoms with Crippen molar-refractivity contribution < 1.29 is 14.3 Å². The number of carbonyl (C=O) groups is 1. The fourth-order valence-electron chi connectivity index (χ4n) is 2.05. The predicted molar refractivity (Wildman–Crippen MR) is 76.6 cm³/mol. The van der Waals surface area contributed by atoms with E-state index >= 15 is 0 Å². The van der Waals surface area contributed by atoms with Crippen LogP contribution in [0.5, 0.6) is 0 Å². The molecule has 2 aromatic rings. The van der Waals surface area contributed by atoms with Gasteiger partial charge in [0, 0.05) is 17.8 Å². The standard InChI is InChI=1S/C16H16FNO2/c1-10-3-6-15(11(2)7-10)18-9-13-8-12(16(19)20)4-5-14(13)17/h3-8,18H,9H2,1-2H3,(H,19,20). The first kappa shape index (κ1) is 14.1. The molecular weight excluding hydrogens is 257 g/mol. The van der Waals surface area contributed by atoms with E-state index in [2.05, 4.69) is 5.32 Å². The van der Waals surface area contributed by atoms with E-state index in [0.717, 1.165) is 16.8 Å². The molecule has 2 N–H and O–H groups in total. The van der Waals surface area contributed by atoms with Gasteiger partial charge in [0.15, 0.2) is 0 Å². The molecule has 0 radical (unpaired) electrons. The number of benzene rings is 2. The molecule has 0 saturated carbocycles. The molecule has 0 aliphatic rings. The Morgan fingerprint density at radius 1 is 1.20 bits per heavy atom. The lowest BCUT2D eigenvalue weighted by Crippen LogP contribution is -2.05. The predicted octanol–water partition coefficient (Wildman–Crippen LogP) is 3.75. The van der Waals surface area contributed by atoms with Gasteiger partial charge in [-0.05, 0) is 43.7 Å². The number of rotatable bonds is 4. The Bertz CT molecular complexity index is 653. The van der Waals surface area contributed by atoms with E-state index in [4.69, 9.17) is 5.11 Å². The smallest absolute Gasteiger partial charge is 0.335 e. The maximum atomic E-state index is 13.7. The van der Waals surface area contributed by atoms with Crippen molar-refractivity contribution in [2.45, 2.75) is 20.4 Å². The van der Waals surface area contributed by atoms with Gasteiger partial charge in [0.2, 0.25) is 0 Å². The number of hydrogen-bond donors (Lipinski definition) is 2. The first-order valence-corrected chi connectivity index (χ1v) is 6.30. The van der Waals surface area contributed by atoms with Gasteiger partial charge in [-0.15, -0.1) is 0 Å². The van der Waals surface area contributed by atoms with E-state index < -0.39 is 11.8 Å². The molecule has 0 spiro atoms. The van der Waals surface area contributed by atoms with Gasteiger partial charge in [-0.3, -0.25) is 0 Å². The molecule has 104 valence electrons. The molecule has 0 saturated heterocycles. The lowest BCUT2D eigenvalue weighted by molar-refractivity contribution is 0.0696. The van der Waals surface area contributed by atoms with Crippen molar-refractivity contribution in [3.05, 3.63) is 64.5 Å². The summed E-state index contributed by atoms with van der Waals surface area (Å²) in [6, 6.07) is 9.74. The van der Waals surface area contributed by atoms with Gasteiger partial charge in [0.25, 0.3) is 0 Å². The maximum absolute atomic E-state index is 13.7. The Labute approximate surface area is 117 Å². The Balaban J connectivity index is 2.18. The minimum atomic E-state index is -1.06. The van der Waals surface area contributed by atoms with Crippen molar-refractivity contribution in [1.82, 2.24) is 0 Å². The van der Waals surface area contributed by atoms with Gasteiger partial charge in [-0.2, -0.15) is 0 Å². The Morgan fingerprint density at radius 3 is 2.60 bits per heavy atom. The molecule has 3 nitrogen and oxygen atoms in total. The van der Waals surface area contributed by atoms with Gasteiger partial charge in [-0.25, -0.2) is 9.18 Å². The highest BCUT2D eigenvalue weighted by Crippen LogP contribution is 2.18. The minimum Gasteiger partial charge on any atom is -0.478 e. The van der Waals surface area contributed by atoms with Crippen LogP contribution in [0.25, 0.3) is 0 Å². The fraction of sp³-hybridized carbons (Fsp3) is 0.188. The number of anilines is 1. The summed E-state index contributed by atoms with van der Waals surface area (Å²) in [4.78, 5) is 10.9. The molecule has 0 amide bonds. The summed E-state index contributed by atoms with van der Waals surface area (Å²) < 4.78 is 13.7. The second-order valence-electron chi connectivity index (χ2n) is 4.78. The number of hydrogen-bond acceptors (Lipinski definition) is 2. The molecule has 20 heavy (non-hydrogen) atoms. The van der Waals surface area contributed by atoms with Gasteiger partial charge in [-0.1, -0.05) is 17.7 Å². The van der Waals surface area contributed by atoms with Crippen molar-refractivity contribution in [2.75, 3.05) is 5.32 Å². The zero-order valence-corrected chi connectivity index (χ0v) is 11.4. The SMILES string of the molecule is Cc1ccc(NCc2cc(C(=O)O)ccc2F)c(C)c1. The van der Waals surface area contributed by atoms with Crippen LogP contribution in [-0.2, 0) is 6.54 Å². The summed E-state index contributed by atoms with van der Waals surface area (Å²) in [6.07, 6.45) is 0. The average Bonchev–Trinajstić information content (AvgIpc) is 2.39. The normalized spacial score (nSPS) is 10.3. The Morgan fingerprint density at radius 2 is 1.95 bits per heavy atom. The van der Waals surface area contributed by atoms with Crippen LogP contribution in [0.1, 0.15) is 27.0 Å². The molecule has 0 atom stereocenters. The quantitative estimate of drug-likeness (QED) is 0.891. The third-order valence-corrected chi connectivity index (χ3v) is 3.14. The Kier molecular flexibility index (Phi) is 4.03. The van der Waals surface area contributed by atoms with Crippen LogP contribution in [-0.4, -0.2) is 11.1 Å². The van der Waals surface area contributed by atoms with Crippen LogP contribution in [0, 0.1) is 19.7 Å². The highest BCUT2D eigenvalue weighted by atomic mass is 19.1. The second kappa shape index (κ2) is 5.74. The van der Waals surface area contributed by atoms with Gasteiger partial charge < -0.3 is 10.4 Å². The largest absolute Gasteiger partial charge is 0.478 e. The van der Waals surface area contributed by atoms with Crippen LogP contribution in [0.15, 0.2) is 36.4 Å². The van der Waals surface area contributed by atoms with Crippen LogP contribution >= 0.6 is 0 Å². The second-order valence-corrected chi connectivity index (χ2v) is 4.78. The average molecular weight is 273 g/mol. The molecule has 0 unspecified atom stereocenters. The zero-order chi connectivity index (χ0) is 14.7. The van der Waals surface area contributed by atoms with Crippen molar-refractivity contribution >= 4 is 11.7 Å². The molecule has 0 bridgehead atoms. The third-order valence-electron chi connectivity index (χ3n) is 3.14. The highest BCUT2D eigenvalue weighted by Gasteiger charge is 2.08. The van der Waals surface area contributed by atoms with Crippen molar-refractivity contribution in [1.29, 1.82) is 0 Å². The van der Waals surface area contributed by atoms with Crippen LogP contribution in [0.3, 0.4) is 0 Å². The summed E-state index contributed by atoms with van der Waals surface area (Å²) in [5.41, 5.74) is 3.57. The molecule has 4 heteroatoms. The van der Waals surface area contributed by atoms with Crippen molar-refractivity contribution in [2.24, 2.45) is 0 Å². The third kappa shape index (κ3) is 3.15. The lowest BCUT2D eigenvalue weighted by atomic mass is 10.1. The number of nitrogens with one attached hydrogen (secondary N) is 1. The molecule has 0 aliphatic carbocycles. The van der Waals surface area contributed by atoms with E-state index in [9.17, 15) is 9.18 Å². The number of aromatic carboxylic acids is 1. The van der Waals surface area contributed by atoms with Gasteiger partial charge in [0.1, 0.15) is 5.82 Å². The summed E-state index contributed by atoms with van der Waals surface area (Å²) in [5.74, 6) is -1.47. The molecule has 0 heterocycles. The first-order valence-electron chi connectivity index (χ1n) is 6.30. The monoisotopic (exact) mass is 273 g/mol. The number of carboxylic acids is 1. The van der Waals surface area contributed by atoms with E-state index in [1.807, 2.05) is 32.0 Å². The molecule has 2 aromatic carbocycles. The molecular formula is C16H16FNO2. The van der Waals surface area contributed by atoms with Crippen molar-refractivity contribution in [3.8, 4) is 0 Å². The van der Waals surface area contributed by atoms with Crippen LogP contribution < -0.4 is 5.32 Å². The lowest BCUT2D eigenvalue weighted by Gasteiger charge is -2.11. The fourth-order valence-corrected chi connectivity index (χ4v) is 2.05. The Hall–Kier alpha value is -2.36. The van der Waals surface area contributed by atoms with E-state index in [0.29, 0.717) is 5.56 Å². The number of aryl methyl sites for hydroxylation is 2. The summed E-state index contributed by atoms with van der Waals surface area (Å²) in [5, 5.41) is 12.0. The van der Waals surface area contributed by atoms with Gasteiger partial charge >= 0.3 is 5.97 Å². The highest BCUT2D eigenvalue weighted by molar-refractivity contribution is 5.87. The van der Waals surface area contributed by atoms with Gasteiger partial charge in [0.05, 0.1) is 5.56 Å². The topological polar surface area (TPSA) is 49.3 Å². The van der Waals surface area contributed by atoms with E-state index in [-0.39, 0.29) is 12.1 Å². The first-order chi connectivity index (χ1) is 9.47. The van der Waals surface area contributed by atoms with Crippen molar-refractivity contribution in [3.63, 3.8) is 0 Å². The summed E-state index contributed by atoms with van der Waals surface area (Å²) >= 11 is 0. The molecule has 0 aromatic heterocycles. The summed E-state index contributed by atoms with van der Waals surface area (Å²) in [6.45, 7) is 4.23. The zero-order valence-electron chi connectivity index (χ0n) is 11.4. The van der Waals surface area contributed by atoms with E-state index in [1.165, 1.54) is 18.2 Å². The van der Waals surface area contributed by atoms with Crippen LogP contribution in [0.4, 0.5) is 10.1 Å². The molecule has 2 rings (SSSR count). The van der Waals surface area contributed by atoms with Crippen LogP contribution in [0.2, 0.25) is 0 Å². The minimum absolute atomic E-state index is 0.0869. The van der Waals surface area contributed by atoms with E-state index in [1.54, 1.807) is 0 Å². The molecule has 0 fully saturated rings.